The van der Waals surface area contributed by atoms with Crippen LogP contribution in [0.2, 0.25) is 0 Å². The Labute approximate surface area is 342 Å². The number of benzene rings is 3. The van der Waals surface area contributed by atoms with Gasteiger partial charge in [0.15, 0.2) is 0 Å². The van der Waals surface area contributed by atoms with Gasteiger partial charge in [0.2, 0.25) is 21.8 Å². The molecule has 57 heavy (non-hydrogen) atoms. The molecule has 0 fully saturated rings. The van der Waals surface area contributed by atoms with Crippen molar-refractivity contribution in [2.45, 2.75) is 120 Å². The lowest BCUT2D eigenvalue weighted by atomic mass is 9.89. The van der Waals surface area contributed by atoms with E-state index in [0.29, 0.717) is 41.3 Å². The molecule has 0 spiro atoms. The van der Waals surface area contributed by atoms with Gasteiger partial charge >= 0.3 is 0 Å². The molecule has 0 aliphatic rings. The first-order valence-corrected chi connectivity index (χ1v) is 23.0. The summed E-state index contributed by atoms with van der Waals surface area (Å²) in [6.45, 7) is 28.0. The van der Waals surface area contributed by atoms with Gasteiger partial charge in [-0.3, -0.25) is 14.3 Å². The number of hydrogen-bond donors (Lipinski definition) is 5. The first-order chi connectivity index (χ1) is 26.0. The maximum absolute atomic E-state index is 14.7. The molecule has 316 valence electrons. The fraction of sp³-hybridized carbons (Fsp3) is 0.535. The van der Waals surface area contributed by atoms with Crippen molar-refractivity contribution in [2.75, 3.05) is 51.5 Å². The summed E-state index contributed by atoms with van der Waals surface area (Å²) in [6, 6.07) is 12.9. The van der Waals surface area contributed by atoms with Crippen molar-refractivity contribution in [3.8, 4) is 0 Å². The number of sulfonamides is 2. The summed E-state index contributed by atoms with van der Waals surface area (Å²) in [5.74, 6) is -0.660. The number of carbonyl (C=O) groups is 2. The number of hydrogen-bond acceptors (Lipinski definition) is 8. The molecule has 5 N–H and O–H groups in total. The SMILES string of the molecule is CCN(CCNS(C)(=O)=O)c1ccc(Nc2cc(NC(=O)C(C)(C)C)c(NS(=O)(=O)c3c(C(C)C)cc(C(C)C)cc3C(C)C)cc2NC(=O)C(C)(C)C)c(C)c1. The maximum Gasteiger partial charge on any atom is 0.262 e. The summed E-state index contributed by atoms with van der Waals surface area (Å²) < 4.78 is 58.1. The second kappa shape index (κ2) is 18.2. The third kappa shape index (κ3) is 12.7. The van der Waals surface area contributed by atoms with E-state index in [-0.39, 0.29) is 52.4 Å². The molecular weight excluding hydrogens is 761 g/mol. The van der Waals surface area contributed by atoms with Crippen molar-refractivity contribution >= 4 is 66.0 Å². The molecule has 0 bridgehead atoms. The minimum atomic E-state index is -4.26. The highest BCUT2D eigenvalue weighted by atomic mass is 32.2. The van der Waals surface area contributed by atoms with Crippen LogP contribution in [-0.2, 0) is 29.6 Å². The molecule has 0 unspecified atom stereocenters. The Morgan fingerprint density at radius 3 is 1.60 bits per heavy atom. The van der Waals surface area contributed by atoms with Gasteiger partial charge in [0, 0.05) is 41.8 Å². The number of likely N-dealkylation sites (N-methyl/N-ethyl adjacent to an activating group) is 1. The average molecular weight is 827 g/mol. The first-order valence-electron chi connectivity index (χ1n) is 19.6. The smallest absolute Gasteiger partial charge is 0.262 e. The molecular formula is C43H66N6O6S2. The van der Waals surface area contributed by atoms with Crippen LogP contribution in [0.25, 0.3) is 0 Å². The molecule has 0 aliphatic heterocycles. The molecule has 0 aliphatic carbocycles. The van der Waals surface area contributed by atoms with Gasteiger partial charge in [-0.05, 0) is 84.2 Å². The zero-order valence-electron chi connectivity index (χ0n) is 36.6. The van der Waals surface area contributed by atoms with E-state index < -0.39 is 30.9 Å². The second-order valence-electron chi connectivity index (χ2n) is 17.8. The largest absolute Gasteiger partial charge is 0.370 e. The predicted molar refractivity (Wildman–Crippen MR) is 237 cm³/mol. The minimum absolute atomic E-state index is 0.0908. The highest BCUT2D eigenvalue weighted by Crippen LogP contribution is 2.41. The van der Waals surface area contributed by atoms with E-state index in [9.17, 15) is 26.4 Å². The van der Waals surface area contributed by atoms with Crippen molar-refractivity contribution in [2.24, 2.45) is 10.8 Å². The van der Waals surface area contributed by atoms with Gasteiger partial charge in [0.25, 0.3) is 10.0 Å². The van der Waals surface area contributed by atoms with Crippen molar-refractivity contribution < 1.29 is 26.4 Å². The van der Waals surface area contributed by atoms with Gasteiger partial charge in [0.05, 0.1) is 33.9 Å². The number of rotatable bonds is 16. The Kier molecular flexibility index (Phi) is 15.1. The molecule has 0 aromatic heterocycles. The molecule has 3 aromatic carbocycles. The van der Waals surface area contributed by atoms with E-state index >= 15 is 0 Å². The summed E-state index contributed by atoms with van der Waals surface area (Å²) in [4.78, 5) is 29.4. The van der Waals surface area contributed by atoms with Gasteiger partial charge in [-0.1, -0.05) is 95.2 Å². The Bertz CT molecular complexity index is 2140. The normalized spacial score (nSPS) is 12.6. The Morgan fingerprint density at radius 1 is 0.684 bits per heavy atom. The summed E-state index contributed by atoms with van der Waals surface area (Å²) in [5.41, 5.74) is 4.30. The fourth-order valence-corrected chi connectivity index (χ4v) is 8.21. The van der Waals surface area contributed by atoms with Crippen molar-refractivity contribution in [3.05, 3.63) is 64.7 Å². The number of carbonyl (C=O) groups excluding carboxylic acids is 2. The fourth-order valence-electron chi connectivity index (χ4n) is 5.98. The van der Waals surface area contributed by atoms with Crippen LogP contribution >= 0.6 is 0 Å². The predicted octanol–water partition coefficient (Wildman–Crippen LogP) is 9.25. The highest BCUT2D eigenvalue weighted by Gasteiger charge is 2.30. The van der Waals surface area contributed by atoms with Crippen LogP contribution in [0.1, 0.15) is 130 Å². The lowest BCUT2D eigenvalue weighted by Gasteiger charge is -2.26. The van der Waals surface area contributed by atoms with Gasteiger partial charge in [-0.15, -0.1) is 0 Å². The number of amides is 2. The second-order valence-corrected chi connectivity index (χ2v) is 21.3. The molecule has 14 heteroatoms. The molecule has 3 rings (SSSR count). The topological polar surface area (TPSA) is 166 Å². The maximum atomic E-state index is 14.7. The molecule has 2 amide bonds. The molecule has 0 radical (unpaired) electrons. The van der Waals surface area contributed by atoms with Gasteiger partial charge < -0.3 is 20.9 Å². The molecule has 0 saturated heterocycles. The first kappa shape index (κ1) is 47.2. The van der Waals surface area contributed by atoms with Gasteiger partial charge in [-0.2, -0.15) is 0 Å². The number of anilines is 6. The molecule has 0 atom stereocenters. The minimum Gasteiger partial charge on any atom is -0.370 e. The van der Waals surface area contributed by atoms with Crippen molar-refractivity contribution in [1.29, 1.82) is 0 Å². The molecule has 0 heterocycles. The third-order valence-electron chi connectivity index (χ3n) is 9.58. The van der Waals surface area contributed by atoms with E-state index in [4.69, 9.17) is 0 Å². The lowest BCUT2D eigenvalue weighted by Crippen LogP contribution is -2.34. The van der Waals surface area contributed by atoms with Crippen LogP contribution in [0, 0.1) is 17.8 Å². The third-order valence-corrected chi connectivity index (χ3v) is 11.8. The highest BCUT2D eigenvalue weighted by molar-refractivity contribution is 7.92. The molecule has 12 nitrogen and oxygen atoms in total. The van der Waals surface area contributed by atoms with Gasteiger partial charge in [0.1, 0.15) is 0 Å². The van der Waals surface area contributed by atoms with Crippen molar-refractivity contribution in [3.63, 3.8) is 0 Å². The van der Waals surface area contributed by atoms with E-state index in [1.807, 2.05) is 71.9 Å². The average Bonchev–Trinajstić information content (AvgIpc) is 3.07. The zero-order chi connectivity index (χ0) is 43.4. The zero-order valence-corrected chi connectivity index (χ0v) is 38.2. The van der Waals surface area contributed by atoms with E-state index in [2.05, 4.69) is 44.1 Å². The Balaban J connectivity index is 2.27. The number of nitrogens with one attached hydrogen (secondary N) is 5. The number of aryl methyl sites for hydroxylation is 1. The van der Waals surface area contributed by atoms with Gasteiger partial charge in [-0.25, -0.2) is 21.6 Å². The standard InChI is InChI=1S/C43H66N6O6S2/c1-16-49(20-19-44-56(15,52)53)31-17-18-34(29(8)21-31)45-35-24-37(47-41(51)43(12,13)14)38(25-36(35)46-40(50)42(9,10)11)48-57(54,55)39-32(27(4)5)22-30(26(2)3)23-33(39)28(6)7/h17-18,21-28,44-45,48H,16,19-20H2,1-15H3,(H,46,50)(H,47,51). The van der Waals surface area contributed by atoms with Crippen molar-refractivity contribution in [1.82, 2.24) is 4.72 Å². The summed E-state index contributed by atoms with van der Waals surface area (Å²) in [7, 11) is -7.59. The Hall–Kier alpha value is -4.14. The molecule has 3 aromatic rings. The quantitative estimate of drug-likeness (QED) is 0.0954. The lowest BCUT2D eigenvalue weighted by molar-refractivity contribution is -0.123. The monoisotopic (exact) mass is 826 g/mol. The van der Waals surface area contributed by atoms with E-state index in [0.717, 1.165) is 23.1 Å². The summed E-state index contributed by atoms with van der Waals surface area (Å²) >= 11 is 0. The van der Waals surface area contributed by atoms with E-state index in [1.165, 1.54) is 0 Å². The van der Waals surface area contributed by atoms with Crippen LogP contribution in [-0.4, -0.2) is 54.5 Å². The Morgan fingerprint density at radius 2 is 1.18 bits per heavy atom. The van der Waals surface area contributed by atoms with Crippen LogP contribution < -0.4 is 30.3 Å². The van der Waals surface area contributed by atoms with Crippen LogP contribution in [0.3, 0.4) is 0 Å². The number of nitrogens with zero attached hydrogens (tertiary/aromatic N) is 1. The molecule has 0 saturated carbocycles. The van der Waals surface area contributed by atoms with E-state index in [1.54, 1.807) is 53.7 Å². The van der Waals surface area contributed by atoms with Crippen LogP contribution in [0.4, 0.5) is 34.1 Å². The summed E-state index contributed by atoms with van der Waals surface area (Å²) in [5, 5.41) is 9.40. The summed E-state index contributed by atoms with van der Waals surface area (Å²) in [6.07, 6.45) is 1.13. The van der Waals surface area contributed by atoms with Crippen LogP contribution in [0.5, 0.6) is 0 Å². The van der Waals surface area contributed by atoms with Crippen LogP contribution in [0.15, 0.2) is 47.4 Å².